The van der Waals surface area contributed by atoms with Gasteiger partial charge in [-0.3, -0.25) is 4.79 Å². The molecule has 0 bridgehead atoms. The van der Waals surface area contributed by atoms with E-state index in [-0.39, 0.29) is 22.9 Å². The van der Waals surface area contributed by atoms with Gasteiger partial charge in [-0.2, -0.15) is 0 Å². The van der Waals surface area contributed by atoms with E-state index in [1.165, 1.54) is 29.5 Å². The van der Waals surface area contributed by atoms with Gasteiger partial charge in [0, 0.05) is 18.0 Å². The van der Waals surface area contributed by atoms with Crippen molar-refractivity contribution in [3.63, 3.8) is 0 Å². The van der Waals surface area contributed by atoms with Gasteiger partial charge in [0.05, 0.1) is 5.25 Å². The quantitative estimate of drug-likeness (QED) is 0.558. The highest BCUT2D eigenvalue weighted by atomic mass is 32.2. The minimum absolute atomic E-state index is 0.0825. The molecule has 3 rings (SSSR count). The lowest BCUT2D eigenvalue weighted by molar-refractivity contribution is -0.120. The van der Waals surface area contributed by atoms with E-state index in [0.29, 0.717) is 23.2 Å². The molecule has 2 atom stereocenters. The molecular weight excluding hydrogens is 377 g/mol. The minimum Gasteiger partial charge on any atom is -0.411 e. The molecule has 0 aliphatic rings. The fourth-order valence-corrected chi connectivity index (χ4v) is 3.47. The molecule has 0 saturated heterocycles. The van der Waals surface area contributed by atoms with Crippen molar-refractivity contribution in [3.8, 4) is 11.5 Å². The average molecular weight is 399 g/mol. The highest BCUT2D eigenvalue weighted by molar-refractivity contribution is 8.00. The van der Waals surface area contributed by atoms with Crippen LogP contribution in [0.1, 0.15) is 31.7 Å². The molecule has 0 unspecified atom stereocenters. The minimum atomic E-state index is -0.380. The van der Waals surface area contributed by atoms with Crippen molar-refractivity contribution in [1.29, 1.82) is 0 Å². The zero-order chi connectivity index (χ0) is 19.9. The smallest absolute Gasteiger partial charge is 0.277 e. The van der Waals surface area contributed by atoms with Crippen LogP contribution in [0.25, 0.3) is 11.5 Å². The van der Waals surface area contributed by atoms with Gasteiger partial charge in [-0.15, -0.1) is 10.2 Å². The first-order chi connectivity index (χ1) is 13.6. The van der Waals surface area contributed by atoms with Crippen LogP contribution in [0, 0.1) is 5.82 Å². The maximum absolute atomic E-state index is 13.0. The van der Waals surface area contributed by atoms with Gasteiger partial charge in [0.25, 0.3) is 5.22 Å². The second-order valence-corrected chi connectivity index (χ2v) is 7.69. The lowest BCUT2D eigenvalue weighted by Gasteiger charge is -2.17. The number of nitrogens with one attached hydrogen (secondary N) is 1. The van der Waals surface area contributed by atoms with Crippen molar-refractivity contribution in [1.82, 2.24) is 15.5 Å². The maximum Gasteiger partial charge on any atom is 0.277 e. The van der Waals surface area contributed by atoms with E-state index < -0.39 is 0 Å². The number of carbonyl (C=O) groups excluding carboxylic acids is 1. The van der Waals surface area contributed by atoms with E-state index in [0.717, 1.165) is 6.42 Å². The number of aromatic nitrogens is 2. The first-order valence-corrected chi connectivity index (χ1v) is 10.0. The molecular formula is C21H22FN3O2S. The van der Waals surface area contributed by atoms with E-state index in [9.17, 15) is 9.18 Å². The Balaban J connectivity index is 1.55. The van der Waals surface area contributed by atoms with E-state index in [2.05, 4.69) is 34.6 Å². The summed E-state index contributed by atoms with van der Waals surface area (Å²) in [6, 6.07) is 16.0. The summed E-state index contributed by atoms with van der Waals surface area (Å²) in [6.45, 7) is 4.48. The Labute approximate surface area is 167 Å². The van der Waals surface area contributed by atoms with Gasteiger partial charge in [0.2, 0.25) is 11.8 Å². The summed E-state index contributed by atoms with van der Waals surface area (Å²) in [5, 5.41) is 10.9. The van der Waals surface area contributed by atoms with Crippen molar-refractivity contribution in [2.75, 3.05) is 6.54 Å². The number of nitrogens with zero attached hydrogens (tertiary/aromatic N) is 2. The number of halogens is 1. The topological polar surface area (TPSA) is 68.0 Å². The van der Waals surface area contributed by atoms with Crippen LogP contribution in [0.15, 0.2) is 64.2 Å². The van der Waals surface area contributed by atoms with Crippen LogP contribution in [0.4, 0.5) is 4.39 Å². The Kier molecular flexibility index (Phi) is 6.81. The molecule has 2 aromatic carbocycles. The lowest BCUT2D eigenvalue weighted by Crippen LogP contribution is -2.34. The Morgan fingerprint density at radius 3 is 2.54 bits per heavy atom. The normalized spacial score (nSPS) is 13.1. The van der Waals surface area contributed by atoms with Crippen molar-refractivity contribution in [2.24, 2.45) is 0 Å². The number of carbonyl (C=O) groups is 1. The number of amides is 1. The molecule has 0 fully saturated rings. The van der Waals surface area contributed by atoms with Crippen LogP contribution < -0.4 is 5.32 Å². The van der Waals surface area contributed by atoms with Gasteiger partial charge in [0.15, 0.2) is 0 Å². The Bertz CT molecular complexity index is 900. The van der Waals surface area contributed by atoms with Crippen molar-refractivity contribution < 1.29 is 13.6 Å². The molecule has 0 spiro atoms. The Morgan fingerprint density at radius 2 is 1.86 bits per heavy atom. The van der Waals surface area contributed by atoms with Gasteiger partial charge >= 0.3 is 0 Å². The Hall–Kier alpha value is -2.67. The molecule has 5 nitrogen and oxygen atoms in total. The highest BCUT2D eigenvalue weighted by Crippen LogP contribution is 2.26. The molecule has 1 N–H and O–H groups in total. The molecule has 0 aliphatic carbocycles. The fourth-order valence-electron chi connectivity index (χ4n) is 2.76. The van der Waals surface area contributed by atoms with E-state index >= 15 is 0 Å². The standard InChI is InChI=1S/C21H22FN3O2S/c1-3-15(16-7-5-4-6-8-16)13-23-19(26)14(2)28-21-25-24-20(27-21)17-9-11-18(22)12-10-17/h4-12,14-15H,3,13H2,1-2H3,(H,23,26)/t14-,15-/m0/s1. The van der Waals surface area contributed by atoms with Crippen molar-refractivity contribution in [3.05, 3.63) is 66.0 Å². The van der Waals surface area contributed by atoms with Gasteiger partial charge in [0.1, 0.15) is 5.82 Å². The zero-order valence-corrected chi connectivity index (χ0v) is 16.6. The van der Waals surface area contributed by atoms with Crippen LogP contribution in [0.2, 0.25) is 0 Å². The molecule has 0 saturated carbocycles. The Morgan fingerprint density at radius 1 is 1.14 bits per heavy atom. The summed E-state index contributed by atoms with van der Waals surface area (Å²) in [5.74, 6) is 0.158. The molecule has 1 aromatic heterocycles. The van der Waals surface area contributed by atoms with Crippen LogP contribution >= 0.6 is 11.8 Å². The molecule has 7 heteroatoms. The summed E-state index contributed by atoms with van der Waals surface area (Å²) in [5.41, 5.74) is 1.85. The third-order valence-corrected chi connectivity index (χ3v) is 5.37. The summed E-state index contributed by atoms with van der Waals surface area (Å²) in [4.78, 5) is 12.4. The number of hydrogen-bond donors (Lipinski definition) is 1. The molecule has 146 valence electrons. The van der Waals surface area contributed by atoms with E-state index in [4.69, 9.17) is 4.42 Å². The van der Waals surface area contributed by atoms with E-state index in [1.807, 2.05) is 18.2 Å². The summed E-state index contributed by atoms with van der Waals surface area (Å²) in [6.07, 6.45) is 0.941. The predicted octanol–water partition coefficient (Wildman–Crippen LogP) is 4.67. The lowest BCUT2D eigenvalue weighted by atomic mass is 9.96. The van der Waals surface area contributed by atoms with Gasteiger partial charge in [-0.05, 0) is 43.2 Å². The summed E-state index contributed by atoms with van der Waals surface area (Å²) < 4.78 is 18.6. The average Bonchev–Trinajstić information content (AvgIpc) is 3.18. The van der Waals surface area contributed by atoms with Gasteiger partial charge < -0.3 is 9.73 Å². The SMILES string of the molecule is CC[C@@H](CNC(=O)[C@H](C)Sc1nnc(-c2ccc(F)cc2)o1)c1ccccc1. The number of thioether (sulfide) groups is 1. The highest BCUT2D eigenvalue weighted by Gasteiger charge is 2.20. The second kappa shape index (κ2) is 9.50. The third kappa shape index (κ3) is 5.19. The molecule has 1 amide bonds. The van der Waals surface area contributed by atoms with E-state index in [1.54, 1.807) is 19.1 Å². The van der Waals surface area contributed by atoms with Crippen LogP contribution in [0.5, 0.6) is 0 Å². The molecule has 0 radical (unpaired) electrons. The van der Waals surface area contributed by atoms with Crippen LogP contribution in [-0.4, -0.2) is 27.9 Å². The zero-order valence-electron chi connectivity index (χ0n) is 15.8. The molecule has 28 heavy (non-hydrogen) atoms. The van der Waals surface area contributed by atoms with Crippen molar-refractivity contribution in [2.45, 2.75) is 36.7 Å². The fraction of sp³-hybridized carbons (Fsp3) is 0.286. The predicted molar refractivity (Wildman–Crippen MR) is 107 cm³/mol. The first-order valence-electron chi connectivity index (χ1n) is 9.15. The van der Waals surface area contributed by atoms with Gasteiger partial charge in [-0.1, -0.05) is 49.0 Å². The number of rotatable bonds is 8. The molecule has 0 aliphatic heterocycles. The number of benzene rings is 2. The summed E-state index contributed by atoms with van der Waals surface area (Å²) in [7, 11) is 0. The van der Waals surface area contributed by atoms with Crippen LogP contribution in [0.3, 0.4) is 0 Å². The van der Waals surface area contributed by atoms with Gasteiger partial charge in [-0.25, -0.2) is 4.39 Å². The molecule has 3 aromatic rings. The monoisotopic (exact) mass is 399 g/mol. The first kappa shape index (κ1) is 20.1. The molecule has 1 heterocycles. The van der Waals surface area contributed by atoms with Crippen LogP contribution in [-0.2, 0) is 4.79 Å². The maximum atomic E-state index is 13.0. The largest absolute Gasteiger partial charge is 0.411 e. The second-order valence-electron chi connectivity index (χ2n) is 6.40. The van der Waals surface area contributed by atoms with Crippen molar-refractivity contribution >= 4 is 17.7 Å². The third-order valence-electron chi connectivity index (χ3n) is 4.43. The number of hydrogen-bond acceptors (Lipinski definition) is 5. The summed E-state index contributed by atoms with van der Waals surface area (Å²) >= 11 is 1.20.